The molecule has 0 spiro atoms. The second-order valence-corrected chi connectivity index (χ2v) is 5.92. The topological polar surface area (TPSA) is 116 Å². The van der Waals surface area contributed by atoms with E-state index >= 15 is 0 Å². The van der Waals surface area contributed by atoms with E-state index < -0.39 is 22.6 Å². The fourth-order valence-electron chi connectivity index (χ4n) is 2.65. The zero-order valence-electron chi connectivity index (χ0n) is 14.6. The zero-order chi connectivity index (χ0) is 20.4. The third kappa shape index (κ3) is 4.82. The number of alkyl halides is 3. The monoisotopic (exact) mass is 385 g/mol. The van der Waals surface area contributed by atoms with E-state index in [1.807, 2.05) is 0 Å². The standard InChI is InChI=1S/C16H18F3N5O3/c1-9-15(24(26)27)10(2)23(22-9)4-3-14(25)21-13-6-11(8-20)5-12(7-13)16(17,18)19/h5-7H,3-4,8,20H2,1-2H3,(H,21,25). The van der Waals surface area contributed by atoms with E-state index in [0.717, 1.165) is 12.1 Å². The lowest BCUT2D eigenvalue weighted by atomic mass is 10.1. The van der Waals surface area contributed by atoms with Gasteiger partial charge >= 0.3 is 11.9 Å². The first kappa shape index (κ1) is 20.4. The summed E-state index contributed by atoms with van der Waals surface area (Å²) >= 11 is 0. The van der Waals surface area contributed by atoms with Crippen LogP contribution in [0.2, 0.25) is 0 Å². The van der Waals surface area contributed by atoms with E-state index in [2.05, 4.69) is 10.4 Å². The highest BCUT2D eigenvalue weighted by Gasteiger charge is 2.31. The fraction of sp³-hybridized carbons (Fsp3) is 0.375. The Bertz CT molecular complexity index is 877. The molecule has 0 aliphatic rings. The molecule has 1 aromatic heterocycles. The average molecular weight is 385 g/mol. The molecule has 0 saturated carbocycles. The van der Waals surface area contributed by atoms with Gasteiger partial charge in [0.1, 0.15) is 11.4 Å². The lowest BCUT2D eigenvalue weighted by molar-refractivity contribution is -0.386. The summed E-state index contributed by atoms with van der Waals surface area (Å²) in [6, 6.07) is 3.11. The van der Waals surface area contributed by atoms with Gasteiger partial charge in [-0.2, -0.15) is 18.3 Å². The molecule has 0 fully saturated rings. The number of benzene rings is 1. The molecule has 27 heavy (non-hydrogen) atoms. The number of nitrogens with zero attached hydrogens (tertiary/aromatic N) is 3. The van der Waals surface area contributed by atoms with E-state index in [9.17, 15) is 28.1 Å². The first-order chi connectivity index (χ1) is 12.5. The minimum absolute atomic E-state index is 0.0189. The maximum Gasteiger partial charge on any atom is 0.416 e. The highest BCUT2D eigenvalue weighted by molar-refractivity contribution is 5.90. The number of nitrogens with one attached hydrogen (secondary N) is 1. The number of hydrogen-bond donors (Lipinski definition) is 2. The highest BCUT2D eigenvalue weighted by Crippen LogP contribution is 2.32. The summed E-state index contributed by atoms with van der Waals surface area (Å²) in [6.45, 7) is 2.94. The van der Waals surface area contributed by atoms with Crippen LogP contribution in [0.25, 0.3) is 0 Å². The van der Waals surface area contributed by atoms with Crippen LogP contribution in [0.5, 0.6) is 0 Å². The number of nitrogens with two attached hydrogens (primary N) is 1. The van der Waals surface area contributed by atoms with Gasteiger partial charge in [0.05, 0.1) is 17.0 Å². The fourth-order valence-corrected chi connectivity index (χ4v) is 2.65. The van der Waals surface area contributed by atoms with Gasteiger partial charge in [0, 0.05) is 18.7 Å². The number of carbonyl (C=O) groups excluding carboxylic acids is 1. The number of halogens is 3. The van der Waals surface area contributed by atoms with Crippen LogP contribution in [-0.4, -0.2) is 20.6 Å². The normalized spacial score (nSPS) is 11.5. The summed E-state index contributed by atoms with van der Waals surface area (Å²) in [7, 11) is 0. The SMILES string of the molecule is Cc1nn(CCC(=O)Nc2cc(CN)cc(C(F)(F)F)c2)c(C)c1[N+](=O)[O-]. The van der Waals surface area contributed by atoms with Crippen molar-refractivity contribution >= 4 is 17.3 Å². The molecule has 2 rings (SSSR count). The largest absolute Gasteiger partial charge is 0.416 e. The van der Waals surface area contributed by atoms with Crippen LogP contribution in [0.15, 0.2) is 18.2 Å². The number of amides is 1. The van der Waals surface area contributed by atoms with Gasteiger partial charge in [-0.15, -0.1) is 0 Å². The van der Waals surface area contributed by atoms with Crippen molar-refractivity contribution in [2.24, 2.45) is 5.73 Å². The second kappa shape index (κ2) is 7.74. The van der Waals surface area contributed by atoms with Crippen LogP contribution < -0.4 is 11.1 Å². The molecule has 0 atom stereocenters. The van der Waals surface area contributed by atoms with Crippen molar-refractivity contribution in [1.82, 2.24) is 9.78 Å². The molecule has 0 radical (unpaired) electrons. The molecule has 0 aliphatic heterocycles. The van der Waals surface area contributed by atoms with Crippen LogP contribution >= 0.6 is 0 Å². The third-order valence-corrected chi connectivity index (χ3v) is 3.92. The van der Waals surface area contributed by atoms with E-state index in [1.54, 1.807) is 0 Å². The Morgan fingerprint density at radius 1 is 1.33 bits per heavy atom. The molecule has 0 saturated heterocycles. The summed E-state index contributed by atoms with van der Waals surface area (Å²) in [4.78, 5) is 22.5. The van der Waals surface area contributed by atoms with Crippen molar-refractivity contribution in [3.05, 3.63) is 50.8 Å². The van der Waals surface area contributed by atoms with E-state index in [0.29, 0.717) is 5.69 Å². The predicted octanol–water partition coefficient (Wildman–Crippen LogP) is 2.91. The molecule has 1 aromatic carbocycles. The van der Waals surface area contributed by atoms with Gasteiger partial charge in [-0.1, -0.05) is 0 Å². The Balaban J connectivity index is 2.11. The highest BCUT2D eigenvalue weighted by atomic mass is 19.4. The number of rotatable bonds is 6. The van der Waals surface area contributed by atoms with Crippen LogP contribution in [0, 0.1) is 24.0 Å². The molecule has 146 valence electrons. The minimum Gasteiger partial charge on any atom is -0.326 e. The number of nitro groups is 1. The van der Waals surface area contributed by atoms with Crippen LogP contribution in [-0.2, 0) is 24.1 Å². The molecule has 0 unspecified atom stereocenters. The van der Waals surface area contributed by atoms with Gasteiger partial charge in [0.25, 0.3) is 0 Å². The first-order valence-electron chi connectivity index (χ1n) is 7.92. The summed E-state index contributed by atoms with van der Waals surface area (Å²) in [6.07, 6.45) is -4.68. The average Bonchev–Trinajstić information content (AvgIpc) is 2.85. The number of anilines is 1. The molecular weight excluding hydrogens is 367 g/mol. The third-order valence-electron chi connectivity index (χ3n) is 3.92. The van der Waals surface area contributed by atoms with Gasteiger partial charge in [0.15, 0.2) is 0 Å². The number of aryl methyl sites for hydroxylation is 2. The van der Waals surface area contributed by atoms with Crippen LogP contribution in [0.4, 0.5) is 24.5 Å². The van der Waals surface area contributed by atoms with Crippen LogP contribution in [0.1, 0.15) is 28.9 Å². The van der Waals surface area contributed by atoms with Gasteiger partial charge in [0.2, 0.25) is 5.91 Å². The van der Waals surface area contributed by atoms with Crippen molar-refractivity contribution in [1.29, 1.82) is 0 Å². The van der Waals surface area contributed by atoms with Crippen molar-refractivity contribution in [2.45, 2.75) is 39.5 Å². The molecular formula is C16H18F3N5O3. The summed E-state index contributed by atoms with van der Waals surface area (Å²) in [5, 5.41) is 17.4. The molecule has 1 amide bonds. The zero-order valence-corrected chi connectivity index (χ0v) is 14.6. The minimum atomic E-state index is -4.56. The molecule has 8 nitrogen and oxygen atoms in total. The molecule has 2 aromatic rings. The van der Waals surface area contributed by atoms with Crippen molar-refractivity contribution in [2.75, 3.05) is 5.32 Å². The van der Waals surface area contributed by atoms with Crippen molar-refractivity contribution < 1.29 is 22.9 Å². The Morgan fingerprint density at radius 2 is 2.00 bits per heavy atom. The van der Waals surface area contributed by atoms with E-state index in [1.165, 1.54) is 24.6 Å². The van der Waals surface area contributed by atoms with Gasteiger partial charge in [-0.3, -0.25) is 19.6 Å². The number of hydrogen-bond acceptors (Lipinski definition) is 5. The van der Waals surface area contributed by atoms with Crippen LogP contribution in [0.3, 0.4) is 0 Å². The molecule has 1 heterocycles. The maximum absolute atomic E-state index is 12.9. The quantitative estimate of drug-likeness (QED) is 0.586. The van der Waals surface area contributed by atoms with Gasteiger partial charge < -0.3 is 11.1 Å². The lowest BCUT2D eigenvalue weighted by Crippen LogP contribution is -2.17. The number of aromatic nitrogens is 2. The maximum atomic E-state index is 12.9. The van der Waals surface area contributed by atoms with Gasteiger partial charge in [-0.25, -0.2) is 0 Å². The Hall–Kier alpha value is -2.95. The van der Waals surface area contributed by atoms with Crippen molar-refractivity contribution in [3.63, 3.8) is 0 Å². The smallest absolute Gasteiger partial charge is 0.326 e. The Morgan fingerprint density at radius 3 is 2.52 bits per heavy atom. The Kier molecular flexibility index (Phi) is 5.84. The molecule has 3 N–H and O–H groups in total. The second-order valence-electron chi connectivity index (χ2n) is 5.92. The number of carbonyl (C=O) groups is 1. The Labute approximate surface area is 152 Å². The summed E-state index contributed by atoms with van der Waals surface area (Å²) < 4.78 is 40.1. The first-order valence-corrected chi connectivity index (χ1v) is 7.92. The van der Waals surface area contributed by atoms with E-state index in [4.69, 9.17) is 5.73 Å². The van der Waals surface area contributed by atoms with Crippen molar-refractivity contribution in [3.8, 4) is 0 Å². The predicted molar refractivity (Wildman–Crippen MR) is 90.9 cm³/mol. The van der Waals surface area contributed by atoms with Gasteiger partial charge in [-0.05, 0) is 37.6 Å². The lowest BCUT2D eigenvalue weighted by Gasteiger charge is -2.12. The van der Waals surface area contributed by atoms with E-state index in [-0.39, 0.29) is 42.1 Å². The summed E-state index contributed by atoms with van der Waals surface area (Å²) in [5.41, 5.74) is 5.11. The molecule has 11 heteroatoms. The molecule has 0 aliphatic carbocycles. The molecule has 0 bridgehead atoms. The summed E-state index contributed by atoms with van der Waals surface area (Å²) in [5.74, 6) is -0.549.